The Balaban J connectivity index is 2.05. The number of nitrogens with zero attached hydrogens (tertiary/aromatic N) is 1. The van der Waals surface area contributed by atoms with Gasteiger partial charge in [0.2, 0.25) is 5.91 Å². The van der Waals surface area contributed by atoms with Crippen LogP contribution < -0.4 is 0 Å². The van der Waals surface area contributed by atoms with E-state index < -0.39 is 12.0 Å². The van der Waals surface area contributed by atoms with Gasteiger partial charge in [0.1, 0.15) is 11.9 Å². The summed E-state index contributed by atoms with van der Waals surface area (Å²) in [7, 11) is 0. The number of carbonyl (C=O) groups excluding carboxylic acids is 1. The first-order chi connectivity index (χ1) is 10.4. The normalized spacial score (nSPS) is 23.1. The number of likely N-dealkylation sites (tertiary alicyclic amines) is 1. The van der Waals surface area contributed by atoms with Crippen molar-refractivity contribution in [3.8, 4) is 0 Å². The summed E-state index contributed by atoms with van der Waals surface area (Å²) < 4.78 is 13.3. The lowest BCUT2D eigenvalue weighted by molar-refractivity contribution is -0.153. The molecule has 5 heteroatoms. The molecular formula is C17H22FNO3. The average molecular weight is 307 g/mol. The summed E-state index contributed by atoms with van der Waals surface area (Å²) in [5.74, 6) is -1.27. The summed E-state index contributed by atoms with van der Waals surface area (Å²) in [6, 6.07) is 5.45. The molecule has 1 fully saturated rings. The van der Waals surface area contributed by atoms with Gasteiger partial charge < -0.3 is 10.0 Å². The first kappa shape index (κ1) is 16.5. The Morgan fingerprint density at radius 3 is 2.82 bits per heavy atom. The van der Waals surface area contributed by atoms with Crippen molar-refractivity contribution in [2.24, 2.45) is 5.92 Å². The van der Waals surface area contributed by atoms with E-state index in [-0.39, 0.29) is 24.1 Å². The third-order valence-corrected chi connectivity index (χ3v) is 4.37. The number of rotatable bonds is 4. The number of hydrogen-bond donors (Lipinski definition) is 1. The summed E-state index contributed by atoms with van der Waals surface area (Å²) in [6.07, 6.45) is 1.51. The Labute approximate surface area is 129 Å². The monoisotopic (exact) mass is 307 g/mol. The molecule has 1 aliphatic heterocycles. The molecule has 1 amide bonds. The molecule has 0 aliphatic carbocycles. The highest BCUT2D eigenvalue weighted by atomic mass is 19.1. The fourth-order valence-electron chi connectivity index (χ4n) is 2.98. The van der Waals surface area contributed by atoms with Gasteiger partial charge in [-0.15, -0.1) is 0 Å². The fraction of sp³-hybridized carbons (Fsp3) is 0.529. The Bertz CT molecular complexity index is 561. The third-order valence-electron chi connectivity index (χ3n) is 4.37. The largest absolute Gasteiger partial charge is 0.480 e. The predicted molar refractivity (Wildman–Crippen MR) is 81.0 cm³/mol. The molecule has 3 atom stereocenters. The number of carboxylic acids is 1. The van der Waals surface area contributed by atoms with Crippen LogP contribution in [0.4, 0.5) is 4.39 Å². The zero-order valence-electron chi connectivity index (χ0n) is 13.0. The highest BCUT2D eigenvalue weighted by molar-refractivity contribution is 5.84. The SMILES string of the molecule is CC1CCN(C(=O)CC(C)c2cccc(F)c2)C(C(=O)O)C1. The minimum Gasteiger partial charge on any atom is -0.480 e. The molecule has 22 heavy (non-hydrogen) atoms. The van der Waals surface area contributed by atoms with Crippen LogP contribution in [0.25, 0.3) is 0 Å². The molecule has 1 N–H and O–H groups in total. The Hall–Kier alpha value is -1.91. The van der Waals surface area contributed by atoms with Crippen LogP contribution >= 0.6 is 0 Å². The number of piperidine rings is 1. The molecule has 1 aromatic rings. The van der Waals surface area contributed by atoms with Crippen molar-refractivity contribution in [1.29, 1.82) is 0 Å². The smallest absolute Gasteiger partial charge is 0.326 e. The molecule has 0 bridgehead atoms. The van der Waals surface area contributed by atoms with Gasteiger partial charge in [-0.05, 0) is 42.4 Å². The molecule has 0 radical (unpaired) electrons. The highest BCUT2D eigenvalue weighted by Crippen LogP contribution is 2.26. The van der Waals surface area contributed by atoms with E-state index in [1.54, 1.807) is 12.1 Å². The minimum atomic E-state index is -0.946. The molecule has 1 heterocycles. The number of carbonyl (C=O) groups is 2. The standard InChI is InChI=1S/C17H22FNO3/c1-11-6-7-19(15(8-11)17(21)22)16(20)9-12(2)13-4-3-5-14(18)10-13/h3-5,10-12,15H,6-9H2,1-2H3,(H,21,22). The number of aliphatic carboxylic acids is 1. The second kappa shape index (κ2) is 6.90. The van der Waals surface area contributed by atoms with E-state index in [4.69, 9.17) is 0 Å². The summed E-state index contributed by atoms with van der Waals surface area (Å²) in [4.78, 5) is 25.3. The molecule has 0 aromatic heterocycles. The quantitative estimate of drug-likeness (QED) is 0.930. The van der Waals surface area contributed by atoms with Crippen LogP contribution in [0.15, 0.2) is 24.3 Å². The van der Waals surface area contributed by atoms with E-state index in [2.05, 4.69) is 0 Å². The van der Waals surface area contributed by atoms with Crippen molar-refractivity contribution >= 4 is 11.9 Å². The summed E-state index contributed by atoms with van der Waals surface area (Å²) in [5.41, 5.74) is 0.755. The van der Waals surface area contributed by atoms with Gasteiger partial charge in [-0.3, -0.25) is 4.79 Å². The van der Waals surface area contributed by atoms with Crippen molar-refractivity contribution in [2.45, 2.75) is 45.1 Å². The fourth-order valence-corrected chi connectivity index (χ4v) is 2.98. The first-order valence-electron chi connectivity index (χ1n) is 7.66. The zero-order valence-corrected chi connectivity index (χ0v) is 13.0. The second-order valence-electron chi connectivity index (χ2n) is 6.23. The van der Waals surface area contributed by atoms with Gasteiger partial charge in [-0.1, -0.05) is 26.0 Å². The van der Waals surface area contributed by atoms with Crippen LogP contribution in [0.2, 0.25) is 0 Å². The molecule has 2 rings (SSSR count). The van der Waals surface area contributed by atoms with Crippen molar-refractivity contribution in [3.05, 3.63) is 35.6 Å². The lowest BCUT2D eigenvalue weighted by atomic mass is 9.91. The van der Waals surface area contributed by atoms with E-state index in [0.717, 1.165) is 12.0 Å². The molecule has 4 nitrogen and oxygen atoms in total. The number of carboxylic acid groups (broad SMARTS) is 1. The molecule has 1 aromatic carbocycles. The van der Waals surface area contributed by atoms with E-state index >= 15 is 0 Å². The van der Waals surface area contributed by atoms with Gasteiger partial charge in [-0.25, -0.2) is 9.18 Å². The van der Waals surface area contributed by atoms with Crippen LogP contribution in [0.5, 0.6) is 0 Å². The average Bonchev–Trinajstić information content (AvgIpc) is 2.46. The van der Waals surface area contributed by atoms with Gasteiger partial charge in [0.05, 0.1) is 0 Å². The Morgan fingerprint density at radius 1 is 1.45 bits per heavy atom. The van der Waals surface area contributed by atoms with Gasteiger partial charge >= 0.3 is 5.97 Å². The Kier molecular flexibility index (Phi) is 5.16. The lowest BCUT2D eigenvalue weighted by Gasteiger charge is -2.36. The summed E-state index contributed by atoms with van der Waals surface area (Å²) in [5, 5.41) is 9.32. The number of benzene rings is 1. The van der Waals surface area contributed by atoms with Gasteiger partial charge in [0, 0.05) is 13.0 Å². The minimum absolute atomic E-state index is 0.142. The summed E-state index contributed by atoms with van der Waals surface area (Å²) >= 11 is 0. The van der Waals surface area contributed by atoms with Crippen LogP contribution in [0, 0.1) is 11.7 Å². The highest BCUT2D eigenvalue weighted by Gasteiger charge is 2.34. The molecule has 0 spiro atoms. The van der Waals surface area contributed by atoms with E-state index in [0.29, 0.717) is 18.9 Å². The second-order valence-corrected chi connectivity index (χ2v) is 6.23. The first-order valence-corrected chi connectivity index (χ1v) is 7.66. The van der Waals surface area contributed by atoms with Gasteiger partial charge in [-0.2, -0.15) is 0 Å². The van der Waals surface area contributed by atoms with Crippen LogP contribution in [-0.2, 0) is 9.59 Å². The van der Waals surface area contributed by atoms with Crippen LogP contribution in [0.1, 0.15) is 44.6 Å². The zero-order chi connectivity index (χ0) is 16.3. The van der Waals surface area contributed by atoms with E-state index in [1.165, 1.54) is 17.0 Å². The maximum absolute atomic E-state index is 13.3. The lowest BCUT2D eigenvalue weighted by Crippen LogP contribution is -2.50. The number of amides is 1. The van der Waals surface area contributed by atoms with Crippen LogP contribution in [-0.4, -0.2) is 34.5 Å². The third kappa shape index (κ3) is 3.84. The van der Waals surface area contributed by atoms with Gasteiger partial charge in [0.15, 0.2) is 0 Å². The van der Waals surface area contributed by atoms with Crippen molar-refractivity contribution < 1.29 is 19.1 Å². The van der Waals surface area contributed by atoms with Crippen molar-refractivity contribution in [3.63, 3.8) is 0 Å². The van der Waals surface area contributed by atoms with Gasteiger partial charge in [0.25, 0.3) is 0 Å². The number of hydrogen-bond acceptors (Lipinski definition) is 2. The van der Waals surface area contributed by atoms with E-state index in [1.807, 2.05) is 13.8 Å². The number of halogens is 1. The topological polar surface area (TPSA) is 57.6 Å². The molecule has 1 saturated heterocycles. The molecular weight excluding hydrogens is 285 g/mol. The Morgan fingerprint density at radius 2 is 2.18 bits per heavy atom. The van der Waals surface area contributed by atoms with E-state index in [9.17, 15) is 19.1 Å². The van der Waals surface area contributed by atoms with Crippen molar-refractivity contribution in [2.75, 3.05) is 6.54 Å². The molecule has 3 unspecified atom stereocenters. The van der Waals surface area contributed by atoms with Crippen LogP contribution in [0.3, 0.4) is 0 Å². The maximum atomic E-state index is 13.3. The maximum Gasteiger partial charge on any atom is 0.326 e. The summed E-state index contributed by atoms with van der Waals surface area (Å²) in [6.45, 7) is 4.34. The predicted octanol–water partition coefficient (Wildman–Crippen LogP) is 3.03. The molecule has 1 aliphatic rings. The van der Waals surface area contributed by atoms with Crippen molar-refractivity contribution in [1.82, 2.24) is 4.90 Å². The molecule has 120 valence electrons. The molecule has 0 saturated carbocycles.